The van der Waals surface area contributed by atoms with Crippen molar-refractivity contribution in [2.75, 3.05) is 24.6 Å². The Morgan fingerprint density at radius 2 is 2.02 bits per heavy atom. The standard InChI is InChI=1S/C29H25F2N5O5S/c30-22-7-18(9-25-21(22)14-40-15-26(31)42(25,38)39)29(37)34-13-20-10-23-17(11-32-20)3-4-27(35-23)36-5-6-41-24-8-19(16-1-2-16)12-33-28(24)36/h3-4,7-12,16,26H,1-2,5-6,13-15H2,(H,34,37)/t26-/m1/s1/i14D2,15D2. The average molecular weight is 598 g/mol. The van der Waals surface area contributed by atoms with E-state index in [2.05, 4.69) is 20.0 Å². The van der Waals surface area contributed by atoms with Crippen molar-refractivity contribution < 1.29 is 36.9 Å². The number of benzene rings is 1. The van der Waals surface area contributed by atoms with Crippen LogP contribution in [0, 0.1) is 5.82 Å². The van der Waals surface area contributed by atoms with Gasteiger partial charge in [-0.3, -0.25) is 9.78 Å². The van der Waals surface area contributed by atoms with Crippen LogP contribution >= 0.6 is 0 Å². The fourth-order valence-corrected chi connectivity index (χ4v) is 5.99. The Morgan fingerprint density at radius 3 is 2.86 bits per heavy atom. The van der Waals surface area contributed by atoms with Gasteiger partial charge in [-0.2, -0.15) is 0 Å². The van der Waals surface area contributed by atoms with Gasteiger partial charge in [-0.05, 0) is 60.7 Å². The first kappa shape index (κ1) is 22.4. The third-order valence-corrected chi connectivity index (χ3v) is 8.83. The van der Waals surface area contributed by atoms with Crippen molar-refractivity contribution in [1.29, 1.82) is 0 Å². The molecule has 1 N–H and O–H groups in total. The number of rotatable bonds is 5. The first-order chi connectivity index (χ1) is 21.7. The maximum atomic E-state index is 15.1. The Kier molecular flexibility index (Phi) is 5.46. The number of aromatic nitrogens is 3. The molecule has 1 saturated carbocycles. The molecular formula is C29H25F2N5O5S. The number of fused-ring (bicyclic) bond motifs is 3. The molecule has 0 saturated heterocycles. The normalized spacial score (nSPS) is 23.2. The summed E-state index contributed by atoms with van der Waals surface area (Å²) in [7, 11) is -5.30. The largest absolute Gasteiger partial charge is 0.488 e. The monoisotopic (exact) mass is 597 g/mol. The van der Waals surface area contributed by atoms with E-state index in [1.807, 2.05) is 29.3 Å². The Balaban J connectivity index is 1.13. The molecule has 0 bridgehead atoms. The Bertz CT molecular complexity index is 2030. The molecule has 0 unspecified atom stereocenters. The summed E-state index contributed by atoms with van der Waals surface area (Å²) in [5, 5.41) is 3.22. The van der Waals surface area contributed by atoms with Crippen LogP contribution in [0.2, 0.25) is 0 Å². The van der Waals surface area contributed by atoms with E-state index in [1.54, 1.807) is 12.3 Å². The van der Waals surface area contributed by atoms with Gasteiger partial charge in [0.05, 0.1) is 47.8 Å². The number of amides is 1. The lowest BCUT2D eigenvalue weighted by molar-refractivity contribution is 0.0938. The minimum absolute atomic E-state index is 0.184. The predicted octanol–water partition coefficient (Wildman–Crippen LogP) is 4.10. The van der Waals surface area contributed by atoms with Crippen LogP contribution in [0.25, 0.3) is 10.9 Å². The Labute approximate surface area is 245 Å². The lowest BCUT2D eigenvalue weighted by Crippen LogP contribution is -2.30. The molecule has 7 rings (SSSR count). The summed E-state index contributed by atoms with van der Waals surface area (Å²) in [5.74, 6) is 0.0272. The zero-order valence-corrected chi connectivity index (χ0v) is 22.6. The van der Waals surface area contributed by atoms with Gasteiger partial charge in [0.25, 0.3) is 5.91 Å². The topological polar surface area (TPSA) is 124 Å². The highest BCUT2D eigenvalue weighted by Gasteiger charge is 2.35. The number of pyridine rings is 3. The summed E-state index contributed by atoms with van der Waals surface area (Å²) in [6.07, 6.45) is 5.72. The first-order valence-electron chi connectivity index (χ1n) is 15.1. The van der Waals surface area contributed by atoms with Crippen molar-refractivity contribution >= 4 is 38.3 Å². The summed E-state index contributed by atoms with van der Waals surface area (Å²) < 4.78 is 96.7. The minimum atomic E-state index is -5.30. The van der Waals surface area contributed by atoms with Crippen LogP contribution in [-0.2, 0) is 27.7 Å². The molecule has 3 aliphatic rings. The van der Waals surface area contributed by atoms with Gasteiger partial charge >= 0.3 is 0 Å². The van der Waals surface area contributed by atoms with Crippen LogP contribution in [0.5, 0.6) is 5.75 Å². The smallest absolute Gasteiger partial charge is 0.251 e. The van der Waals surface area contributed by atoms with E-state index in [9.17, 15) is 17.6 Å². The molecule has 5 heterocycles. The van der Waals surface area contributed by atoms with Gasteiger partial charge < -0.3 is 19.7 Å². The van der Waals surface area contributed by atoms with Crippen molar-refractivity contribution in [3.63, 3.8) is 0 Å². The fourth-order valence-electron chi connectivity index (χ4n) is 4.88. The molecule has 1 aromatic carbocycles. The van der Waals surface area contributed by atoms with Crippen molar-refractivity contribution in [2.24, 2.45) is 0 Å². The number of hydrogen-bond donors (Lipinski definition) is 1. The first-order valence-corrected chi connectivity index (χ1v) is 14.7. The molecule has 1 atom stereocenters. The highest BCUT2D eigenvalue weighted by molar-refractivity contribution is 7.92. The maximum Gasteiger partial charge on any atom is 0.251 e. The number of halogens is 2. The number of carbonyl (C=O) groups excluding carboxylic acids is 1. The molecule has 0 radical (unpaired) electrons. The fraction of sp³-hybridized carbons (Fsp3) is 0.310. The average Bonchev–Trinajstić information content (AvgIpc) is 3.87. The number of sulfone groups is 1. The van der Waals surface area contributed by atoms with E-state index in [4.69, 9.17) is 15.2 Å². The Morgan fingerprint density at radius 1 is 1.17 bits per heavy atom. The summed E-state index contributed by atoms with van der Waals surface area (Å²) in [5.41, 5.74) is -3.08. The van der Waals surface area contributed by atoms with Crippen LogP contribution in [0.1, 0.15) is 51.4 Å². The third kappa shape index (κ3) is 4.81. The predicted molar refractivity (Wildman–Crippen MR) is 148 cm³/mol. The van der Waals surface area contributed by atoms with Crippen LogP contribution in [0.4, 0.5) is 20.4 Å². The molecule has 3 aromatic heterocycles. The molecule has 1 fully saturated rings. The second-order valence-electron chi connectivity index (χ2n) is 10.1. The zero-order valence-electron chi connectivity index (χ0n) is 25.8. The maximum absolute atomic E-state index is 15.1. The zero-order chi connectivity index (χ0) is 32.6. The van der Waals surface area contributed by atoms with Crippen molar-refractivity contribution in [2.45, 2.75) is 42.3 Å². The number of alkyl halides is 1. The van der Waals surface area contributed by atoms with Crippen molar-refractivity contribution in [3.05, 3.63) is 77.0 Å². The lowest BCUT2D eigenvalue weighted by Gasteiger charge is -2.29. The SMILES string of the molecule is [2H]C1([2H])OC([2H])([2H])[C@H](F)S(=O)(=O)c2cc(C(=O)NCc3cc4nc(N5CCOc6cc(C7CC7)cnc65)ccc4cn3)cc(F)c21. The van der Waals surface area contributed by atoms with E-state index >= 15 is 4.39 Å². The van der Waals surface area contributed by atoms with Crippen molar-refractivity contribution in [1.82, 2.24) is 20.3 Å². The van der Waals surface area contributed by atoms with Crippen LogP contribution in [0.15, 0.2) is 53.7 Å². The second-order valence-corrected chi connectivity index (χ2v) is 12.0. The van der Waals surface area contributed by atoms with Crippen molar-refractivity contribution in [3.8, 4) is 5.75 Å². The molecule has 2 aliphatic heterocycles. The number of anilines is 2. The molecule has 13 heteroatoms. The van der Waals surface area contributed by atoms with E-state index in [1.165, 1.54) is 0 Å². The molecule has 216 valence electrons. The lowest BCUT2D eigenvalue weighted by atomic mass is 10.1. The van der Waals surface area contributed by atoms with Gasteiger partial charge in [-0.25, -0.2) is 27.2 Å². The number of carbonyl (C=O) groups is 1. The van der Waals surface area contributed by atoms with Crippen LogP contribution < -0.4 is 15.0 Å². The quantitative estimate of drug-likeness (QED) is 0.362. The highest BCUT2D eigenvalue weighted by atomic mass is 32.2. The number of hydrogen-bond acceptors (Lipinski definition) is 9. The molecular weight excluding hydrogens is 568 g/mol. The van der Waals surface area contributed by atoms with Gasteiger partial charge in [-0.1, -0.05) is 0 Å². The van der Waals surface area contributed by atoms with E-state index in [-0.39, 0.29) is 6.54 Å². The summed E-state index contributed by atoms with van der Waals surface area (Å²) in [6.45, 7) is -6.18. The number of nitrogens with one attached hydrogen (secondary N) is 1. The van der Waals surface area contributed by atoms with E-state index in [0.717, 1.165) is 23.8 Å². The molecule has 10 nitrogen and oxygen atoms in total. The summed E-state index contributed by atoms with van der Waals surface area (Å²) in [4.78, 5) is 27.5. The summed E-state index contributed by atoms with van der Waals surface area (Å²) in [6, 6.07) is 8.54. The molecule has 42 heavy (non-hydrogen) atoms. The van der Waals surface area contributed by atoms with E-state index in [0.29, 0.717) is 59.8 Å². The third-order valence-electron chi connectivity index (χ3n) is 7.25. The number of nitrogens with zero attached hydrogens (tertiary/aromatic N) is 4. The number of ether oxygens (including phenoxy) is 2. The van der Waals surface area contributed by atoms with Crippen LogP contribution in [-0.4, -0.2) is 54.5 Å². The summed E-state index contributed by atoms with van der Waals surface area (Å²) >= 11 is 0. The molecule has 4 aromatic rings. The van der Waals surface area contributed by atoms with Gasteiger partial charge in [0.2, 0.25) is 15.3 Å². The van der Waals surface area contributed by atoms with Gasteiger partial charge in [0, 0.05) is 28.9 Å². The van der Waals surface area contributed by atoms with Crippen LogP contribution in [0.3, 0.4) is 0 Å². The highest BCUT2D eigenvalue weighted by Crippen LogP contribution is 2.43. The molecule has 0 spiro atoms. The molecule has 1 aliphatic carbocycles. The van der Waals surface area contributed by atoms with Gasteiger partial charge in [0.15, 0.2) is 11.6 Å². The van der Waals surface area contributed by atoms with Gasteiger partial charge in [0.1, 0.15) is 18.2 Å². The molecule has 1 amide bonds. The second kappa shape index (κ2) is 10.2. The van der Waals surface area contributed by atoms with E-state index < -0.39 is 56.2 Å². The minimum Gasteiger partial charge on any atom is -0.488 e. The Hall–Kier alpha value is -4.23. The van der Waals surface area contributed by atoms with Gasteiger partial charge in [-0.15, -0.1) is 0 Å².